The van der Waals surface area contributed by atoms with E-state index in [2.05, 4.69) is 0 Å². The highest BCUT2D eigenvalue weighted by atomic mass is 16.2. The molecule has 1 aliphatic rings. The molecular weight excluding hydrogens is 166 g/mol. The number of amides is 2. The standard InChI is InChI=1S/C10H15NO2/c1-5-10(3,4)11-8(12)6-7(2)9(11)13/h6H,5H2,1-4H3. The Balaban J connectivity index is 2.98. The van der Waals surface area contributed by atoms with Crippen molar-refractivity contribution in [3.8, 4) is 0 Å². The summed E-state index contributed by atoms with van der Waals surface area (Å²) in [6.07, 6.45) is 2.17. The molecule has 0 aromatic rings. The van der Waals surface area contributed by atoms with E-state index in [0.717, 1.165) is 6.42 Å². The molecule has 0 unspecified atom stereocenters. The Bertz CT molecular complexity index is 289. The third-order valence-corrected chi connectivity index (χ3v) is 2.57. The second kappa shape index (κ2) is 2.98. The van der Waals surface area contributed by atoms with Crippen molar-refractivity contribution in [1.82, 2.24) is 4.90 Å². The molecule has 0 aromatic carbocycles. The second-order valence-electron chi connectivity index (χ2n) is 3.97. The van der Waals surface area contributed by atoms with E-state index in [1.54, 1.807) is 6.92 Å². The van der Waals surface area contributed by atoms with Gasteiger partial charge in [0.25, 0.3) is 11.8 Å². The van der Waals surface area contributed by atoms with Crippen LogP contribution in [0, 0.1) is 0 Å². The summed E-state index contributed by atoms with van der Waals surface area (Å²) in [6.45, 7) is 7.44. The van der Waals surface area contributed by atoms with Gasteiger partial charge >= 0.3 is 0 Å². The van der Waals surface area contributed by atoms with Crippen LogP contribution in [0.5, 0.6) is 0 Å². The molecule has 0 bridgehead atoms. The number of carbonyl (C=O) groups excluding carboxylic acids is 2. The molecule has 13 heavy (non-hydrogen) atoms. The van der Waals surface area contributed by atoms with Crippen molar-refractivity contribution in [1.29, 1.82) is 0 Å². The van der Waals surface area contributed by atoms with Crippen LogP contribution in [0.15, 0.2) is 11.6 Å². The summed E-state index contributed by atoms with van der Waals surface area (Å²) in [4.78, 5) is 24.3. The Morgan fingerprint density at radius 2 is 1.92 bits per heavy atom. The minimum atomic E-state index is -0.373. The molecule has 0 atom stereocenters. The quantitative estimate of drug-likeness (QED) is 0.605. The van der Waals surface area contributed by atoms with Gasteiger partial charge in [-0.1, -0.05) is 6.92 Å². The minimum Gasteiger partial charge on any atom is -0.270 e. The van der Waals surface area contributed by atoms with Crippen LogP contribution in [0.1, 0.15) is 34.1 Å². The summed E-state index contributed by atoms with van der Waals surface area (Å²) in [5.41, 5.74) is 0.161. The summed E-state index contributed by atoms with van der Waals surface area (Å²) in [5.74, 6) is -0.341. The van der Waals surface area contributed by atoms with Crippen LogP contribution in [-0.2, 0) is 9.59 Å². The van der Waals surface area contributed by atoms with E-state index >= 15 is 0 Å². The number of rotatable bonds is 2. The number of imide groups is 1. The predicted octanol–water partition coefficient (Wildman–Crippen LogP) is 1.49. The Morgan fingerprint density at radius 1 is 1.38 bits per heavy atom. The van der Waals surface area contributed by atoms with Gasteiger partial charge in [-0.25, -0.2) is 0 Å². The van der Waals surface area contributed by atoms with Gasteiger partial charge in [0, 0.05) is 17.2 Å². The zero-order valence-corrected chi connectivity index (χ0v) is 8.55. The smallest absolute Gasteiger partial charge is 0.257 e. The maximum Gasteiger partial charge on any atom is 0.257 e. The fourth-order valence-corrected chi connectivity index (χ4v) is 1.32. The lowest BCUT2D eigenvalue weighted by Crippen LogP contribution is -2.47. The van der Waals surface area contributed by atoms with Crippen LogP contribution < -0.4 is 0 Å². The number of carbonyl (C=O) groups is 2. The van der Waals surface area contributed by atoms with E-state index in [1.807, 2.05) is 20.8 Å². The van der Waals surface area contributed by atoms with Crippen molar-refractivity contribution in [3.63, 3.8) is 0 Å². The fraction of sp³-hybridized carbons (Fsp3) is 0.600. The van der Waals surface area contributed by atoms with E-state index in [0.29, 0.717) is 5.57 Å². The molecule has 3 nitrogen and oxygen atoms in total. The Kier molecular flexibility index (Phi) is 2.28. The first-order valence-electron chi connectivity index (χ1n) is 4.47. The van der Waals surface area contributed by atoms with Crippen LogP contribution in [0.25, 0.3) is 0 Å². The molecule has 0 N–H and O–H groups in total. The average molecular weight is 181 g/mol. The lowest BCUT2D eigenvalue weighted by Gasteiger charge is -2.32. The van der Waals surface area contributed by atoms with Gasteiger partial charge in [0.1, 0.15) is 0 Å². The Hall–Kier alpha value is -1.12. The second-order valence-corrected chi connectivity index (χ2v) is 3.97. The van der Waals surface area contributed by atoms with E-state index in [9.17, 15) is 9.59 Å². The highest BCUT2D eigenvalue weighted by Gasteiger charge is 2.38. The first-order valence-corrected chi connectivity index (χ1v) is 4.47. The molecule has 0 spiro atoms. The van der Waals surface area contributed by atoms with E-state index < -0.39 is 0 Å². The summed E-state index contributed by atoms with van der Waals surface area (Å²) >= 11 is 0. The lowest BCUT2D eigenvalue weighted by atomic mass is 9.99. The Morgan fingerprint density at radius 3 is 2.23 bits per heavy atom. The third kappa shape index (κ3) is 1.50. The van der Waals surface area contributed by atoms with Gasteiger partial charge in [0.2, 0.25) is 0 Å². The molecule has 2 amide bonds. The molecule has 0 fully saturated rings. The van der Waals surface area contributed by atoms with Crippen molar-refractivity contribution in [2.24, 2.45) is 0 Å². The van der Waals surface area contributed by atoms with E-state index in [1.165, 1.54) is 11.0 Å². The number of nitrogens with zero attached hydrogens (tertiary/aromatic N) is 1. The van der Waals surface area contributed by atoms with E-state index in [4.69, 9.17) is 0 Å². The van der Waals surface area contributed by atoms with Crippen molar-refractivity contribution < 1.29 is 9.59 Å². The molecule has 1 aliphatic heterocycles. The molecule has 0 saturated heterocycles. The molecule has 0 saturated carbocycles. The first kappa shape index (κ1) is 9.96. The van der Waals surface area contributed by atoms with Crippen LogP contribution in [0.2, 0.25) is 0 Å². The number of hydrogen-bond donors (Lipinski definition) is 0. The predicted molar refractivity (Wildman–Crippen MR) is 50.0 cm³/mol. The van der Waals surface area contributed by atoms with Crippen LogP contribution in [0.3, 0.4) is 0 Å². The van der Waals surface area contributed by atoms with Crippen LogP contribution in [0.4, 0.5) is 0 Å². The lowest BCUT2D eigenvalue weighted by molar-refractivity contribution is -0.143. The maximum absolute atomic E-state index is 11.6. The molecule has 0 aromatic heterocycles. The van der Waals surface area contributed by atoms with Gasteiger partial charge in [-0.05, 0) is 27.2 Å². The number of hydrogen-bond acceptors (Lipinski definition) is 2. The maximum atomic E-state index is 11.6. The molecule has 0 radical (unpaired) electrons. The summed E-state index contributed by atoms with van der Waals surface area (Å²) in [7, 11) is 0. The third-order valence-electron chi connectivity index (χ3n) is 2.57. The van der Waals surface area contributed by atoms with Crippen molar-refractivity contribution >= 4 is 11.8 Å². The zero-order chi connectivity index (χ0) is 10.2. The monoisotopic (exact) mass is 181 g/mol. The van der Waals surface area contributed by atoms with Crippen LogP contribution >= 0.6 is 0 Å². The molecule has 1 heterocycles. The zero-order valence-electron chi connectivity index (χ0n) is 8.55. The van der Waals surface area contributed by atoms with Crippen molar-refractivity contribution in [3.05, 3.63) is 11.6 Å². The van der Waals surface area contributed by atoms with Gasteiger partial charge < -0.3 is 0 Å². The highest BCUT2D eigenvalue weighted by molar-refractivity contribution is 6.16. The molecule has 1 rings (SSSR count). The average Bonchev–Trinajstić information content (AvgIpc) is 2.27. The normalized spacial score (nSPS) is 18.2. The summed E-state index contributed by atoms with van der Waals surface area (Å²) in [5, 5.41) is 0. The largest absolute Gasteiger partial charge is 0.270 e. The fourth-order valence-electron chi connectivity index (χ4n) is 1.32. The van der Waals surface area contributed by atoms with Crippen molar-refractivity contribution in [2.75, 3.05) is 0 Å². The van der Waals surface area contributed by atoms with Gasteiger partial charge in [-0.3, -0.25) is 14.5 Å². The van der Waals surface area contributed by atoms with Crippen LogP contribution in [-0.4, -0.2) is 22.3 Å². The van der Waals surface area contributed by atoms with Gasteiger partial charge in [0.05, 0.1) is 0 Å². The topological polar surface area (TPSA) is 37.4 Å². The minimum absolute atomic E-state index is 0.156. The van der Waals surface area contributed by atoms with Gasteiger partial charge in [-0.15, -0.1) is 0 Å². The SMILES string of the molecule is CCC(C)(C)N1C(=O)C=C(C)C1=O. The first-order chi connectivity index (χ1) is 5.90. The molecule has 0 aliphatic carbocycles. The molecule has 3 heteroatoms. The highest BCUT2D eigenvalue weighted by Crippen LogP contribution is 2.25. The molecule has 72 valence electrons. The van der Waals surface area contributed by atoms with Crippen molar-refractivity contribution in [2.45, 2.75) is 39.7 Å². The summed E-state index contributed by atoms with van der Waals surface area (Å²) in [6, 6.07) is 0. The molecular formula is C10H15NO2. The Labute approximate surface area is 78.4 Å². The van der Waals surface area contributed by atoms with E-state index in [-0.39, 0.29) is 17.4 Å². The van der Waals surface area contributed by atoms with Gasteiger partial charge in [-0.2, -0.15) is 0 Å². The summed E-state index contributed by atoms with van der Waals surface area (Å²) < 4.78 is 0. The van der Waals surface area contributed by atoms with Gasteiger partial charge in [0.15, 0.2) is 0 Å².